The van der Waals surface area contributed by atoms with Crippen molar-refractivity contribution in [1.82, 2.24) is 4.90 Å². The van der Waals surface area contributed by atoms with E-state index in [1.165, 1.54) is 6.92 Å². The number of anilines is 1. The average Bonchev–Trinajstić information content (AvgIpc) is 3.25. The Morgan fingerprint density at radius 2 is 1.61 bits per heavy atom. The van der Waals surface area contributed by atoms with Crippen molar-refractivity contribution in [1.29, 1.82) is 0 Å². The first kappa shape index (κ1) is 17.9. The van der Waals surface area contributed by atoms with Gasteiger partial charge >= 0.3 is 5.97 Å². The Balaban J connectivity index is 1.40. The Labute approximate surface area is 161 Å². The first-order valence-electron chi connectivity index (χ1n) is 9.01. The summed E-state index contributed by atoms with van der Waals surface area (Å²) in [6, 6.07) is 12.8. The van der Waals surface area contributed by atoms with E-state index in [0.717, 1.165) is 22.6 Å². The van der Waals surface area contributed by atoms with Crippen molar-refractivity contribution in [3.8, 4) is 0 Å². The van der Waals surface area contributed by atoms with Gasteiger partial charge in [-0.3, -0.25) is 19.3 Å². The summed E-state index contributed by atoms with van der Waals surface area (Å²) in [6.07, 6.45) is 0.751. The molecular weight excluding hydrogens is 360 g/mol. The van der Waals surface area contributed by atoms with E-state index in [1.54, 1.807) is 29.2 Å². The Morgan fingerprint density at radius 3 is 2.29 bits per heavy atom. The number of rotatable bonds is 4. The van der Waals surface area contributed by atoms with E-state index in [-0.39, 0.29) is 17.0 Å². The maximum absolute atomic E-state index is 12.5. The lowest BCUT2D eigenvalue weighted by molar-refractivity contribution is -0.151. The van der Waals surface area contributed by atoms with E-state index in [2.05, 4.69) is 0 Å². The van der Waals surface area contributed by atoms with Crippen LogP contribution in [0.4, 0.5) is 5.69 Å². The van der Waals surface area contributed by atoms with Crippen LogP contribution >= 0.6 is 0 Å². The van der Waals surface area contributed by atoms with Gasteiger partial charge in [-0.25, -0.2) is 4.79 Å². The fraction of sp³-hybridized carbons (Fsp3) is 0.238. The van der Waals surface area contributed by atoms with Crippen molar-refractivity contribution in [3.05, 3.63) is 65.2 Å². The zero-order valence-corrected chi connectivity index (χ0v) is 15.3. The molecule has 2 aliphatic rings. The summed E-state index contributed by atoms with van der Waals surface area (Å²) in [5.41, 5.74) is 2.41. The van der Waals surface area contributed by atoms with Gasteiger partial charge in [0.05, 0.1) is 11.1 Å². The van der Waals surface area contributed by atoms with E-state index < -0.39 is 30.4 Å². The molecule has 2 aromatic carbocycles. The smallest absolute Gasteiger partial charge is 0.329 e. The van der Waals surface area contributed by atoms with Crippen LogP contribution in [0.1, 0.15) is 33.2 Å². The minimum absolute atomic E-state index is 0.261. The van der Waals surface area contributed by atoms with Crippen molar-refractivity contribution in [2.24, 2.45) is 0 Å². The molecule has 142 valence electrons. The summed E-state index contributed by atoms with van der Waals surface area (Å²) >= 11 is 0. The van der Waals surface area contributed by atoms with Crippen LogP contribution in [-0.2, 0) is 20.7 Å². The number of imide groups is 1. The third-order valence-corrected chi connectivity index (χ3v) is 5.08. The predicted molar refractivity (Wildman–Crippen MR) is 99.9 cm³/mol. The van der Waals surface area contributed by atoms with Crippen LogP contribution in [0.15, 0.2) is 48.5 Å². The molecule has 1 atom stereocenters. The van der Waals surface area contributed by atoms with Crippen molar-refractivity contribution in [2.45, 2.75) is 19.4 Å². The number of hydrogen-bond acceptors (Lipinski definition) is 5. The number of fused-ring (bicyclic) bond motifs is 2. The van der Waals surface area contributed by atoms with Crippen LogP contribution in [0.2, 0.25) is 0 Å². The molecule has 4 rings (SSSR count). The number of para-hydroxylation sites is 1. The first-order valence-corrected chi connectivity index (χ1v) is 9.01. The van der Waals surface area contributed by atoms with Gasteiger partial charge in [0.15, 0.2) is 6.61 Å². The molecule has 7 nitrogen and oxygen atoms in total. The van der Waals surface area contributed by atoms with Gasteiger partial charge in [-0.15, -0.1) is 0 Å². The van der Waals surface area contributed by atoms with Gasteiger partial charge in [-0.05, 0) is 37.1 Å². The van der Waals surface area contributed by atoms with Gasteiger partial charge in [0.25, 0.3) is 17.7 Å². The molecule has 0 saturated carbocycles. The monoisotopic (exact) mass is 378 g/mol. The highest BCUT2D eigenvalue weighted by atomic mass is 16.5. The molecule has 2 aliphatic heterocycles. The second kappa shape index (κ2) is 6.92. The first-order chi connectivity index (χ1) is 13.5. The summed E-state index contributed by atoms with van der Waals surface area (Å²) in [5.74, 6) is -2.21. The van der Waals surface area contributed by atoms with E-state index in [9.17, 15) is 19.2 Å². The van der Waals surface area contributed by atoms with Crippen molar-refractivity contribution >= 4 is 29.4 Å². The van der Waals surface area contributed by atoms with Gasteiger partial charge in [0.2, 0.25) is 0 Å². The van der Waals surface area contributed by atoms with Gasteiger partial charge in [-0.2, -0.15) is 0 Å². The largest absolute Gasteiger partial charge is 0.454 e. The third kappa shape index (κ3) is 2.85. The molecule has 0 bridgehead atoms. The number of nitrogens with zero attached hydrogens (tertiary/aromatic N) is 2. The Kier molecular flexibility index (Phi) is 4.43. The molecule has 0 spiro atoms. The van der Waals surface area contributed by atoms with Crippen LogP contribution < -0.4 is 4.90 Å². The van der Waals surface area contributed by atoms with Crippen LogP contribution in [0.3, 0.4) is 0 Å². The lowest BCUT2D eigenvalue weighted by Gasteiger charge is -2.22. The molecule has 0 fully saturated rings. The zero-order valence-electron chi connectivity index (χ0n) is 15.3. The maximum Gasteiger partial charge on any atom is 0.329 e. The number of carbonyl (C=O) groups is 4. The Morgan fingerprint density at radius 1 is 1.00 bits per heavy atom. The number of hydrogen-bond donors (Lipinski definition) is 0. The number of ether oxygens (including phenoxy) is 1. The molecule has 3 amide bonds. The maximum atomic E-state index is 12.5. The highest BCUT2D eigenvalue weighted by molar-refractivity contribution is 6.22. The quantitative estimate of drug-likeness (QED) is 0.598. The Hall–Kier alpha value is -3.48. The standard InChI is InChI=1S/C21H18N2O5/c1-13(23-19(25)15-7-3-4-8-16(15)20(23)26)21(27)28-12-18(24)22-11-10-14-6-2-5-9-17(14)22/h2-9,13H,10-12H2,1H3/t13-/m0/s1. The van der Waals surface area contributed by atoms with Crippen molar-refractivity contribution in [3.63, 3.8) is 0 Å². The molecule has 0 N–H and O–H groups in total. The summed E-state index contributed by atoms with van der Waals surface area (Å²) < 4.78 is 5.12. The highest BCUT2D eigenvalue weighted by Gasteiger charge is 2.41. The minimum atomic E-state index is -1.12. The summed E-state index contributed by atoms with van der Waals surface area (Å²) in [5, 5.41) is 0. The van der Waals surface area contributed by atoms with E-state index >= 15 is 0 Å². The summed E-state index contributed by atoms with van der Waals surface area (Å²) in [4.78, 5) is 52.2. The lowest BCUT2D eigenvalue weighted by atomic mass is 10.1. The SMILES string of the molecule is C[C@@H](C(=O)OCC(=O)N1CCc2ccccc21)N1C(=O)c2ccccc2C1=O. The van der Waals surface area contributed by atoms with Crippen LogP contribution in [0.25, 0.3) is 0 Å². The number of benzene rings is 2. The lowest BCUT2D eigenvalue weighted by Crippen LogP contribution is -2.44. The fourth-order valence-corrected chi connectivity index (χ4v) is 3.59. The molecule has 0 aliphatic carbocycles. The molecule has 2 heterocycles. The minimum Gasteiger partial charge on any atom is -0.454 e. The molecule has 0 radical (unpaired) electrons. The van der Waals surface area contributed by atoms with Gasteiger partial charge in [-0.1, -0.05) is 30.3 Å². The van der Waals surface area contributed by atoms with Gasteiger partial charge < -0.3 is 9.64 Å². The summed E-state index contributed by atoms with van der Waals surface area (Å²) in [6.45, 7) is 1.50. The topological polar surface area (TPSA) is 84.0 Å². The average molecular weight is 378 g/mol. The fourth-order valence-electron chi connectivity index (χ4n) is 3.59. The van der Waals surface area contributed by atoms with Gasteiger partial charge in [0, 0.05) is 12.2 Å². The second-order valence-electron chi connectivity index (χ2n) is 6.73. The molecule has 0 saturated heterocycles. The molecule has 28 heavy (non-hydrogen) atoms. The normalized spacial score (nSPS) is 16.0. The van der Waals surface area contributed by atoms with Crippen LogP contribution in [0.5, 0.6) is 0 Å². The van der Waals surface area contributed by atoms with Crippen LogP contribution in [-0.4, -0.2) is 47.8 Å². The molecule has 0 unspecified atom stereocenters. The molecule has 0 aromatic heterocycles. The zero-order chi connectivity index (χ0) is 19.8. The molecule has 7 heteroatoms. The molecule has 2 aromatic rings. The van der Waals surface area contributed by atoms with E-state index in [1.807, 2.05) is 24.3 Å². The number of esters is 1. The second-order valence-corrected chi connectivity index (χ2v) is 6.73. The molecular formula is C21H18N2O5. The Bertz CT molecular complexity index is 965. The third-order valence-electron chi connectivity index (χ3n) is 5.08. The summed E-state index contributed by atoms with van der Waals surface area (Å²) in [7, 11) is 0. The predicted octanol–water partition coefficient (Wildman–Crippen LogP) is 1.80. The van der Waals surface area contributed by atoms with E-state index in [4.69, 9.17) is 4.74 Å². The van der Waals surface area contributed by atoms with Crippen molar-refractivity contribution in [2.75, 3.05) is 18.1 Å². The number of amides is 3. The van der Waals surface area contributed by atoms with Crippen LogP contribution in [0, 0.1) is 0 Å². The number of carbonyl (C=O) groups excluding carboxylic acids is 4. The highest BCUT2D eigenvalue weighted by Crippen LogP contribution is 2.28. The van der Waals surface area contributed by atoms with E-state index in [0.29, 0.717) is 6.54 Å². The van der Waals surface area contributed by atoms with Gasteiger partial charge in [0.1, 0.15) is 6.04 Å². The van der Waals surface area contributed by atoms with Crippen molar-refractivity contribution < 1.29 is 23.9 Å².